The van der Waals surface area contributed by atoms with Gasteiger partial charge in [0.2, 0.25) is 11.0 Å². The monoisotopic (exact) mass is 418 g/mol. The van der Waals surface area contributed by atoms with E-state index in [2.05, 4.69) is 20.8 Å². The molecule has 0 saturated heterocycles. The summed E-state index contributed by atoms with van der Waals surface area (Å²) in [6.07, 6.45) is 0.750. The number of carbonyl (C=O) groups is 1. The van der Waals surface area contributed by atoms with Gasteiger partial charge in [-0.3, -0.25) is 4.79 Å². The van der Waals surface area contributed by atoms with E-state index >= 15 is 0 Å². The number of rotatable bonds is 8. The maximum atomic E-state index is 12.0. The zero-order valence-electron chi connectivity index (χ0n) is 14.7. The second-order valence-corrected chi connectivity index (χ2v) is 8.47. The second-order valence-electron chi connectivity index (χ2n) is 5.83. The van der Waals surface area contributed by atoms with Gasteiger partial charge >= 0.3 is 0 Å². The number of nitrogens with one attached hydrogen (secondary N) is 2. The Hall–Kier alpha value is -2.09. The van der Waals surface area contributed by atoms with Crippen molar-refractivity contribution in [2.24, 2.45) is 0 Å². The fourth-order valence-corrected chi connectivity index (χ4v) is 4.17. The molecule has 0 radical (unpaired) electrons. The number of amides is 1. The number of benzene rings is 2. The molecule has 0 aliphatic carbocycles. The van der Waals surface area contributed by atoms with E-state index in [9.17, 15) is 4.79 Å². The number of halogens is 1. The Kier molecular flexibility index (Phi) is 7.09. The molecule has 0 aliphatic rings. The molecule has 1 heterocycles. The maximum Gasteiger partial charge on any atom is 0.230 e. The van der Waals surface area contributed by atoms with Crippen LogP contribution < -0.4 is 10.6 Å². The van der Waals surface area contributed by atoms with Crippen LogP contribution in [0.2, 0.25) is 5.02 Å². The molecule has 0 spiro atoms. The summed E-state index contributed by atoms with van der Waals surface area (Å²) < 4.78 is 0.760. The van der Waals surface area contributed by atoms with Crippen molar-refractivity contribution in [2.45, 2.75) is 17.7 Å². The maximum absolute atomic E-state index is 12.0. The van der Waals surface area contributed by atoms with Crippen molar-refractivity contribution in [2.75, 3.05) is 17.6 Å². The van der Waals surface area contributed by atoms with Crippen molar-refractivity contribution in [3.8, 4) is 0 Å². The minimum absolute atomic E-state index is 0.0226. The van der Waals surface area contributed by atoms with Crippen LogP contribution in [0, 0.1) is 6.92 Å². The number of carbonyl (C=O) groups excluding carboxylic acids is 1. The third kappa shape index (κ3) is 6.23. The zero-order valence-corrected chi connectivity index (χ0v) is 17.1. The Morgan fingerprint density at radius 3 is 2.85 bits per heavy atom. The first-order valence-electron chi connectivity index (χ1n) is 8.40. The molecule has 2 N–H and O–H groups in total. The average Bonchev–Trinajstić information content (AvgIpc) is 3.10. The summed E-state index contributed by atoms with van der Waals surface area (Å²) >= 11 is 8.78. The minimum Gasteiger partial charge on any atom is -0.355 e. The smallest absolute Gasteiger partial charge is 0.230 e. The quantitative estimate of drug-likeness (QED) is 0.519. The number of nitrogens with zero attached hydrogens (tertiary/aromatic N) is 2. The van der Waals surface area contributed by atoms with Crippen LogP contribution in [0.15, 0.2) is 52.9 Å². The van der Waals surface area contributed by atoms with Crippen LogP contribution in [-0.2, 0) is 11.2 Å². The minimum atomic E-state index is -0.0226. The first-order chi connectivity index (χ1) is 13.1. The van der Waals surface area contributed by atoms with E-state index in [0.29, 0.717) is 22.5 Å². The molecule has 0 aliphatic heterocycles. The fraction of sp³-hybridized carbons (Fsp3) is 0.211. The van der Waals surface area contributed by atoms with E-state index in [1.807, 2.05) is 55.5 Å². The molecule has 1 amide bonds. The van der Waals surface area contributed by atoms with Gasteiger partial charge in [-0.1, -0.05) is 65.0 Å². The topological polar surface area (TPSA) is 66.9 Å². The summed E-state index contributed by atoms with van der Waals surface area (Å²) in [7, 11) is 0. The van der Waals surface area contributed by atoms with Gasteiger partial charge in [0.05, 0.1) is 5.75 Å². The number of aromatic nitrogens is 2. The molecule has 3 aromatic rings. The predicted molar refractivity (Wildman–Crippen MR) is 113 cm³/mol. The molecular formula is C19H19ClN4OS2. The Balaban J connectivity index is 1.41. The summed E-state index contributed by atoms with van der Waals surface area (Å²) in [5.41, 5.74) is 3.25. The molecule has 1 aromatic heterocycles. The summed E-state index contributed by atoms with van der Waals surface area (Å²) in [4.78, 5) is 12.0. The normalized spacial score (nSPS) is 10.6. The highest BCUT2D eigenvalue weighted by molar-refractivity contribution is 8.01. The number of anilines is 2. The van der Waals surface area contributed by atoms with Crippen LogP contribution >= 0.6 is 34.7 Å². The Labute approximate surface area is 171 Å². The van der Waals surface area contributed by atoms with Crippen LogP contribution in [0.5, 0.6) is 0 Å². The van der Waals surface area contributed by atoms with Crippen LogP contribution in [0.4, 0.5) is 10.8 Å². The predicted octanol–water partition coefficient (Wildman–Crippen LogP) is 4.69. The number of thioether (sulfide) groups is 1. The van der Waals surface area contributed by atoms with Crippen LogP contribution in [0.25, 0.3) is 0 Å². The molecule has 0 saturated carbocycles. The SMILES string of the molecule is Cc1ccccc1Nc1nnc(SCC(=O)NCCc2cccc(Cl)c2)s1. The van der Waals surface area contributed by atoms with Crippen LogP contribution in [-0.4, -0.2) is 28.4 Å². The molecule has 0 bridgehead atoms. The number of hydrogen-bond donors (Lipinski definition) is 2. The molecule has 140 valence electrons. The van der Waals surface area contributed by atoms with Crippen molar-refractivity contribution < 1.29 is 4.79 Å². The van der Waals surface area contributed by atoms with E-state index < -0.39 is 0 Å². The third-order valence-electron chi connectivity index (χ3n) is 3.74. The summed E-state index contributed by atoms with van der Waals surface area (Å²) in [6.45, 7) is 2.61. The van der Waals surface area contributed by atoms with E-state index in [0.717, 1.165) is 27.6 Å². The lowest BCUT2D eigenvalue weighted by Gasteiger charge is -2.05. The number of para-hydroxylation sites is 1. The van der Waals surface area contributed by atoms with Crippen molar-refractivity contribution in [3.05, 3.63) is 64.7 Å². The van der Waals surface area contributed by atoms with Gasteiger partial charge in [-0.25, -0.2) is 0 Å². The summed E-state index contributed by atoms with van der Waals surface area (Å²) in [6, 6.07) is 15.7. The van der Waals surface area contributed by atoms with Gasteiger partial charge in [0.1, 0.15) is 0 Å². The largest absolute Gasteiger partial charge is 0.355 e. The standard InChI is InChI=1S/C19H19ClN4OS2/c1-13-5-2-3-8-16(13)22-18-23-24-19(27-18)26-12-17(25)21-10-9-14-6-4-7-15(20)11-14/h2-8,11H,9-10,12H2,1H3,(H,21,25)(H,22,23). The lowest BCUT2D eigenvalue weighted by molar-refractivity contribution is -0.118. The van der Waals surface area contributed by atoms with E-state index in [1.165, 1.54) is 23.1 Å². The van der Waals surface area contributed by atoms with Crippen molar-refractivity contribution >= 4 is 51.4 Å². The van der Waals surface area contributed by atoms with Crippen molar-refractivity contribution in [1.82, 2.24) is 15.5 Å². The fourth-order valence-electron chi connectivity index (χ4n) is 2.36. The highest BCUT2D eigenvalue weighted by Crippen LogP contribution is 2.28. The van der Waals surface area contributed by atoms with Gasteiger partial charge in [0.15, 0.2) is 4.34 Å². The zero-order chi connectivity index (χ0) is 19.1. The van der Waals surface area contributed by atoms with E-state index in [1.54, 1.807) is 0 Å². The number of hydrogen-bond acceptors (Lipinski definition) is 6. The Morgan fingerprint density at radius 1 is 1.19 bits per heavy atom. The van der Waals surface area contributed by atoms with Gasteiger partial charge in [0.25, 0.3) is 0 Å². The lowest BCUT2D eigenvalue weighted by atomic mass is 10.1. The average molecular weight is 419 g/mol. The molecule has 0 unspecified atom stereocenters. The Bertz CT molecular complexity index is 916. The van der Waals surface area contributed by atoms with Gasteiger partial charge in [-0.15, -0.1) is 10.2 Å². The van der Waals surface area contributed by atoms with Gasteiger partial charge < -0.3 is 10.6 Å². The van der Waals surface area contributed by atoms with Crippen LogP contribution in [0.3, 0.4) is 0 Å². The summed E-state index contributed by atoms with van der Waals surface area (Å²) in [5, 5.41) is 15.9. The third-order valence-corrected chi connectivity index (χ3v) is 5.95. The summed E-state index contributed by atoms with van der Waals surface area (Å²) in [5.74, 6) is 0.291. The van der Waals surface area contributed by atoms with Gasteiger partial charge in [-0.2, -0.15) is 0 Å². The van der Waals surface area contributed by atoms with E-state index in [-0.39, 0.29) is 5.91 Å². The second kappa shape index (κ2) is 9.73. The van der Waals surface area contributed by atoms with Gasteiger partial charge in [-0.05, 0) is 42.7 Å². The lowest BCUT2D eigenvalue weighted by Crippen LogP contribution is -2.27. The molecule has 0 fully saturated rings. The molecule has 2 aromatic carbocycles. The van der Waals surface area contributed by atoms with Crippen molar-refractivity contribution in [3.63, 3.8) is 0 Å². The molecule has 8 heteroatoms. The molecule has 27 heavy (non-hydrogen) atoms. The highest BCUT2D eigenvalue weighted by atomic mass is 35.5. The van der Waals surface area contributed by atoms with Crippen LogP contribution in [0.1, 0.15) is 11.1 Å². The van der Waals surface area contributed by atoms with Gasteiger partial charge in [0, 0.05) is 17.3 Å². The number of aryl methyl sites for hydroxylation is 1. The van der Waals surface area contributed by atoms with Crippen molar-refractivity contribution in [1.29, 1.82) is 0 Å². The molecule has 0 atom stereocenters. The first-order valence-corrected chi connectivity index (χ1v) is 10.6. The molecule has 5 nitrogen and oxygen atoms in total. The molecule has 3 rings (SSSR count). The highest BCUT2D eigenvalue weighted by Gasteiger charge is 2.09. The van der Waals surface area contributed by atoms with E-state index in [4.69, 9.17) is 11.6 Å². The first kappa shape index (κ1) is 19.7. The Morgan fingerprint density at radius 2 is 2.04 bits per heavy atom. The molecular weight excluding hydrogens is 400 g/mol.